The lowest BCUT2D eigenvalue weighted by Crippen LogP contribution is -2.12. The number of benzene rings is 2. The zero-order valence-electron chi connectivity index (χ0n) is 12.4. The minimum absolute atomic E-state index is 0.194. The number of nitrogens with zero attached hydrogens (tertiary/aromatic N) is 1. The van der Waals surface area contributed by atoms with Crippen LogP contribution < -0.4 is 11.1 Å². The summed E-state index contributed by atoms with van der Waals surface area (Å²) >= 11 is 0. The van der Waals surface area contributed by atoms with Gasteiger partial charge in [0.15, 0.2) is 5.58 Å². The molecule has 0 saturated heterocycles. The highest BCUT2D eigenvalue weighted by atomic mass is 16.4. The molecule has 0 saturated carbocycles. The van der Waals surface area contributed by atoms with Crippen LogP contribution in [0.5, 0.6) is 0 Å². The maximum absolute atomic E-state index is 12.2. The average molecular weight is 296 g/mol. The van der Waals surface area contributed by atoms with Gasteiger partial charge in [0.1, 0.15) is 0 Å². The number of carbonyl (C=O) groups is 1. The van der Waals surface area contributed by atoms with Gasteiger partial charge in [0.2, 0.25) is 0 Å². The minimum Gasteiger partial charge on any atom is -0.408 e. The van der Waals surface area contributed by atoms with Crippen molar-refractivity contribution < 1.29 is 9.21 Å². The first-order valence-electron chi connectivity index (χ1n) is 7.10. The topological polar surface area (TPSA) is 64.2 Å². The van der Waals surface area contributed by atoms with E-state index in [0.29, 0.717) is 23.4 Å². The van der Waals surface area contributed by atoms with Gasteiger partial charge in [0.25, 0.3) is 5.91 Å². The molecule has 22 heavy (non-hydrogen) atoms. The van der Waals surface area contributed by atoms with Crippen LogP contribution in [-0.4, -0.2) is 10.5 Å². The van der Waals surface area contributed by atoms with E-state index in [9.17, 15) is 9.59 Å². The van der Waals surface area contributed by atoms with Gasteiger partial charge in [-0.25, -0.2) is 4.79 Å². The van der Waals surface area contributed by atoms with Gasteiger partial charge in [-0.2, -0.15) is 0 Å². The van der Waals surface area contributed by atoms with Crippen molar-refractivity contribution in [2.45, 2.75) is 20.4 Å². The third kappa shape index (κ3) is 2.53. The molecule has 1 amide bonds. The number of fused-ring (bicyclic) bond motifs is 1. The van der Waals surface area contributed by atoms with Crippen LogP contribution in [0.3, 0.4) is 0 Å². The molecule has 0 radical (unpaired) electrons. The molecule has 3 rings (SSSR count). The van der Waals surface area contributed by atoms with E-state index in [2.05, 4.69) is 5.32 Å². The van der Waals surface area contributed by atoms with Crippen LogP contribution in [-0.2, 0) is 6.54 Å². The van der Waals surface area contributed by atoms with Crippen molar-refractivity contribution >= 4 is 22.7 Å². The largest absolute Gasteiger partial charge is 0.419 e. The summed E-state index contributed by atoms with van der Waals surface area (Å²) in [5, 5.41) is 2.81. The molecule has 0 fully saturated rings. The molecule has 3 aromatic rings. The Kier molecular flexibility index (Phi) is 3.55. The quantitative estimate of drug-likeness (QED) is 0.807. The molecule has 0 bridgehead atoms. The first-order valence-corrected chi connectivity index (χ1v) is 7.10. The van der Waals surface area contributed by atoms with Gasteiger partial charge >= 0.3 is 5.76 Å². The minimum atomic E-state index is -0.389. The van der Waals surface area contributed by atoms with E-state index in [1.165, 1.54) is 0 Å². The monoisotopic (exact) mass is 296 g/mol. The van der Waals surface area contributed by atoms with E-state index < -0.39 is 0 Å². The summed E-state index contributed by atoms with van der Waals surface area (Å²) in [5.41, 5.74) is 3.40. The zero-order chi connectivity index (χ0) is 15.7. The van der Waals surface area contributed by atoms with Crippen LogP contribution >= 0.6 is 0 Å². The second-order valence-corrected chi connectivity index (χ2v) is 5.12. The molecule has 5 heteroatoms. The first kappa shape index (κ1) is 14.1. The summed E-state index contributed by atoms with van der Waals surface area (Å²) in [7, 11) is 0. The lowest BCUT2D eigenvalue weighted by molar-refractivity contribution is 0.102. The lowest BCUT2D eigenvalue weighted by atomic mass is 10.1. The number of nitrogens with one attached hydrogen (secondary N) is 1. The molecule has 0 aliphatic carbocycles. The third-order valence-corrected chi connectivity index (χ3v) is 3.52. The summed E-state index contributed by atoms with van der Waals surface area (Å²) < 4.78 is 6.74. The van der Waals surface area contributed by atoms with Crippen molar-refractivity contribution in [1.82, 2.24) is 4.57 Å². The highest BCUT2D eigenvalue weighted by Crippen LogP contribution is 2.19. The molecule has 2 aromatic carbocycles. The second kappa shape index (κ2) is 5.52. The molecular weight excluding hydrogens is 280 g/mol. The van der Waals surface area contributed by atoms with Crippen molar-refractivity contribution in [1.29, 1.82) is 0 Å². The number of oxazole rings is 1. The van der Waals surface area contributed by atoms with E-state index in [-0.39, 0.29) is 11.7 Å². The van der Waals surface area contributed by atoms with Crippen molar-refractivity contribution in [2.24, 2.45) is 0 Å². The first-order chi connectivity index (χ1) is 10.6. The van der Waals surface area contributed by atoms with Gasteiger partial charge < -0.3 is 9.73 Å². The van der Waals surface area contributed by atoms with Crippen LogP contribution in [0, 0.1) is 6.92 Å². The Morgan fingerprint density at radius 2 is 2.05 bits per heavy atom. The van der Waals surface area contributed by atoms with Crippen molar-refractivity contribution in [2.75, 3.05) is 5.32 Å². The van der Waals surface area contributed by atoms with Crippen molar-refractivity contribution in [3.63, 3.8) is 0 Å². The molecule has 0 aliphatic heterocycles. The van der Waals surface area contributed by atoms with Gasteiger partial charge in [-0.3, -0.25) is 9.36 Å². The maximum atomic E-state index is 12.2. The zero-order valence-corrected chi connectivity index (χ0v) is 12.4. The molecule has 5 nitrogen and oxygen atoms in total. The smallest absolute Gasteiger partial charge is 0.408 e. The van der Waals surface area contributed by atoms with Crippen LogP contribution in [0.1, 0.15) is 22.8 Å². The molecule has 1 N–H and O–H groups in total. The summed E-state index contributed by atoms with van der Waals surface area (Å²) in [4.78, 5) is 23.9. The fourth-order valence-electron chi connectivity index (χ4n) is 2.43. The third-order valence-electron chi connectivity index (χ3n) is 3.52. The molecule has 0 atom stereocenters. The van der Waals surface area contributed by atoms with Crippen molar-refractivity contribution in [3.05, 3.63) is 64.1 Å². The molecule has 0 spiro atoms. The maximum Gasteiger partial charge on any atom is 0.419 e. The number of amides is 1. The molecule has 112 valence electrons. The van der Waals surface area contributed by atoms with Crippen LogP contribution in [0.2, 0.25) is 0 Å². The SMILES string of the molecule is CCn1c(=O)oc2cc(NC(=O)c3cccc(C)c3)ccc21. The Morgan fingerprint density at radius 3 is 2.77 bits per heavy atom. The van der Waals surface area contributed by atoms with Gasteiger partial charge in [-0.15, -0.1) is 0 Å². The molecule has 1 aromatic heterocycles. The van der Waals surface area contributed by atoms with E-state index in [0.717, 1.165) is 11.1 Å². The van der Waals surface area contributed by atoms with Gasteiger partial charge in [-0.05, 0) is 38.1 Å². The normalized spacial score (nSPS) is 10.8. The number of hydrogen-bond donors (Lipinski definition) is 1. The fourth-order valence-corrected chi connectivity index (χ4v) is 2.43. The summed E-state index contributed by atoms with van der Waals surface area (Å²) in [5.74, 6) is -0.583. The Labute approximate surface area is 127 Å². The number of carbonyl (C=O) groups excluding carboxylic acids is 1. The van der Waals surface area contributed by atoms with Gasteiger partial charge in [-0.1, -0.05) is 17.7 Å². The number of anilines is 1. The number of aryl methyl sites for hydroxylation is 2. The number of aromatic nitrogens is 1. The molecular formula is C17H16N2O3. The lowest BCUT2D eigenvalue weighted by Gasteiger charge is -2.06. The van der Waals surface area contributed by atoms with E-state index >= 15 is 0 Å². The van der Waals surface area contributed by atoms with E-state index in [1.807, 2.05) is 32.0 Å². The van der Waals surface area contributed by atoms with E-state index in [4.69, 9.17) is 4.42 Å². The van der Waals surface area contributed by atoms with Crippen LogP contribution in [0.25, 0.3) is 11.1 Å². The summed E-state index contributed by atoms with van der Waals surface area (Å²) in [6.07, 6.45) is 0. The highest BCUT2D eigenvalue weighted by molar-refractivity contribution is 6.05. The van der Waals surface area contributed by atoms with Crippen molar-refractivity contribution in [3.8, 4) is 0 Å². The Bertz CT molecular complexity index is 906. The predicted octanol–water partition coefficient (Wildman–Crippen LogP) is 3.18. The Morgan fingerprint density at radius 1 is 1.23 bits per heavy atom. The van der Waals surface area contributed by atoms with Gasteiger partial charge in [0.05, 0.1) is 5.52 Å². The highest BCUT2D eigenvalue weighted by Gasteiger charge is 2.10. The molecule has 1 heterocycles. The van der Waals surface area contributed by atoms with Gasteiger partial charge in [0, 0.05) is 23.9 Å². The average Bonchev–Trinajstić information content (AvgIpc) is 2.81. The summed E-state index contributed by atoms with van der Waals surface area (Å²) in [6.45, 7) is 4.36. The second-order valence-electron chi connectivity index (χ2n) is 5.12. The van der Waals surface area contributed by atoms with E-state index in [1.54, 1.807) is 28.8 Å². The molecule has 0 unspecified atom stereocenters. The summed E-state index contributed by atoms with van der Waals surface area (Å²) in [6, 6.07) is 12.6. The van der Waals surface area contributed by atoms with Crippen LogP contribution in [0.15, 0.2) is 51.7 Å². The Balaban J connectivity index is 1.91. The van der Waals surface area contributed by atoms with Crippen LogP contribution in [0.4, 0.5) is 5.69 Å². The number of hydrogen-bond acceptors (Lipinski definition) is 3. The molecule has 0 aliphatic rings. The standard InChI is InChI=1S/C17H16N2O3/c1-3-19-14-8-7-13(10-15(14)22-17(19)21)18-16(20)12-6-4-5-11(2)9-12/h4-10H,3H2,1-2H3,(H,18,20). The number of rotatable bonds is 3. The Hall–Kier alpha value is -2.82. The predicted molar refractivity (Wildman–Crippen MR) is 85.3 cm³/mol. The fraction of sp³-hybridized carbons (Fsp3) is 0.176.